The van der Waals surface area contributed by atoms with Crippen molar-refractivity contribution in [3.8, 4) is 6.07 Å². The average molecular weight is 278 g/mol. The summed E-state index contributed by atoms with van der Waals surface area (Å²) in [5.41, 5.74) is 0.434. The van der Waals surface area contributed by atoms with Crippen LogP contribution in [0, 0.1) is 18.3 Å². The van der Waals surface area contributed by atoms with Gasteiger partial charge in [-0.05, 0) is 32.0 Å². The Morgan fingerprint density at radius 2 is 2.22 bits per heavy atom. The molecule has 0 radical (unpaired) electrons. The highest BCUT2D eigenvalue weighted by molar-refractivity contribution is 7.12. The van der Waals surface area contributed by atoms with Gasteiger partial charge < -0.3 is 5.32 Å². The Morgan fingerprint density at radius 1 is 1.44 bits per heavy atom. The first-order valence-corrected chi connectivity index (χ1v) is 6.68. The lowest BCUT2D eigenvalue weighted by molar-refractivity contribution is 0.896. The van der Waals surface area contributed by atoms with Gasteiger partial charge >= 0.3 is 0 Å². The summed E-state index contributed by atoms with van der Waals surface area (Å²) < 4.78 is 0. The highest BCUT2D eigenvalue weighted by atomic mass is 35.5. The molecule has 1 atom stereocenters. The first kappa shape index (κ1) is 12.9. The molecule has 0 bridgehead atoms. The summed E-state index contributed by atoms with van der Waals surface area (Å²) in [6.45, 7) is 4.12. The van der Waals surface area contributed by atoms with Gasteiger partial charge in [-0.3, -0.25) is 0 Å². The number of pyridine rings is 1. The van der Waals surface area contributed by atoms with Crippen molar-refractivity contribution >= 4 is 28.8 Å². The molecule has 0 aliphatic rings. The first-order valence-electron chi connectivity index (χ1n) is 5.49. The second-order valence-electron chi connectivity index (χ2n) is 3.95. The van der Waals surface area contributed by atoms with Gasteiger partial charge in [0.25, 0.3) is 0 Å². The third-order valence-electron chi connectivity index (χ3n) is 2.55. The van der Waals surface area contributed by atoms with Crippen LogP contribution in [0.5, 0.6) is 0 Å². The zero-order valence-electron chi connectivity index (χ0n) is 10.1. The summed E-state index contributed by atoms with van der Waals surface area (Å²) in [5, 5.41) is 12.5. The number of hydrogen-bond donors (Lipinski definition) is 1. The topological polar surface area (TPSA) is 48.7 Å². The van der Waals surface area contributed by atoms with Gasteiger partial charge in [-0.1, -0.05) is 11.6 Å². The van der Waals surface area contributed by atoms with E-state index < -0.39 is 0 Å². The lowest BCUT2D eigenvalue weighted by Gasteiger charge is -2.14. The zero-order chi connectivity index (χ0) is 13.1. The van der Waals surface area contributed by atoms with Crippen LogP contribution >= 0.6 is 22.9 Å². The number of hydrogen-bond acceptors (Lipinski definition) is 4. The van der Waals surface area contributed by atoms with Crippen molar-refractivity contribution in [3.63, 3.8) is 0 Å². The van der Waals surface area contributed by atoms with Crippen LogP contribution in [0.15, 0.2) is 24.4 Å². The van der Waals surface area contributed by atoms with E-state index in [1.807, 2.05) is 13.0 Å². The zero-order valence-corrected chi connectivity index (χ0v) is 11.6. The Kier molecular flexibility index (Phi) is 3.85. The Morgan fingerprint density at radius 3 is 2.83 bits per heavy atom. The third-order valence-corrected chi connectivity index (χ3v) is 4.12. The molecule has 5 heteroatoms. The van der Waals surface area contributed by atoms with Crippen LogP contribution in [0.4, 0.5) is 5.82 Å². The molecule has 0 aromatic carbocycles. The van der Waals surface area contributed by atoms with E-state index in [2.05, 4.69) is 29.4 Å². The van der Waals surface area contributed by atoms with Crippen LogP contribution in [-0.4, -0.2) is 4.98 Å². The maximum absolute atomic E-state index is 8.91. The number of thiophene rings is 1. The number of nitrogens with one attached hydrogen (secondary N) is 1. The minimum absolute atomic E-state index is 0.114. The summed E-state index contributed by atoms with van der Waals surface area (Å²) in [6, 6.07) is 7.93. The molecule has 18 heavy (non-hydrogen) atoms. The molecule has 92 valence electrons. The minimum atomic E-state index is 0.114. The molecule has 3 nitrogen and oxygen atoms in total. The van der Waals surface area contributed by atoms with Gasteiger partial charge in [-0.15, -0.1) is 11.3 Å². The molecule has 2 rings (SSSR count). The molecule has 0 amide bonds. The van der Waals surface area contributed by atoms with E-state index in [1.165, 1.54) is 9.75 Å². The van der Waals surface area contributed by atoms with Crippen molar-refractivity contribution in [2.45, 2.75) is 19.9 Å². The van der Waals surface area contributed by atoms with Crippen molar-refractivity contribution in [1.82, 2.24) is 4.98 Å². The molecular weight excluding hydrogens is 266 g/mol. The minimum Gasteiger partial charge on any atom is -0.361 e. The molecule has 0 saturated heterocycles. The van der Waals surface area contributed by atoms with Gasteiger partial charge in [-0.2, -0.15) is 5.26 Å². The standard InChI is InChI=1S/C13H12ClN3S/c1-8-3-4-11(18-8)9(2)17-13-12(14)10(7-15)5-6-16-13/h3-6,9H,1-2H3,(H,16,17). The van der Waals surface area contributed by atoms with Crippen molar-refractivity contribution in [2.75, 3.05) is 5.32 Å². The fourth-order valence-corrected chi connectivity index (χ4v) is 2.68. The van der Waals surface area contributed by atoms with Gasteiger partial charge in [-0.25, -0.2) is 4.98 Å². The number of anilines is 1. The molecule has 2 aromatic heterocycles. The maximum atomic E-state index is 8.91. The van der Waals surface area contributed by atoms with Crippen molar-refractivity contribution < 1.29 is 0 Å². The third kappa shape index (κ3) is 2.63. The Balaban J connectivity index is 2.22. The summed E-state index contributed by atoms with van der Waals surface area (Å²) in [7, 11) is 0. The first-order chi connectivity index (χ1) is 8.61. The number of halogens is 1. The van der Waals surface area contributed by atoms with Crippen LogP contribution < -0.4 is 5.32 Å². The van der Waals surface area contributed by atoms with Gasteiger partial charge in [0, 0.05) is 16.0 Å². The van der Waals surface area contributed by atoms with Crippen LogP contribution in [0.25, 0.3) is 0 Å². The van der Waals surface area contributed by atoms with Gasteiger partial charge in [0.05, 0.1) is 11.6 Å². The van der Waals surface area contributed by atoms with Gasteiger partial charge in [0.2, 0.25) is 0 Å². The largest absolute Gasteiger partial charge is 0.361 e. The van der Waals surface area contributed by atoms with Crippen LogP contribution in [0.3, 0.4) is 0 Å². The van der Waals surface area contributed by atoms with E-state index >= 15 is 0 Å². The van der Waals surface area contributed by atoms with Crippen LogP contribution in [-0.2, 0) is 0 Å². The van der Waals surface area contributed by atoms with Gasteiger partial charge in [0.1, 0.15) is 16.9 Å². The lowest BCUT2D eigenvalue weighted by atomic mass is 10.2. The molecule has 1 unspecified atom stereocenters. The second kappa shape index (κ2) is 5.38. The highest BCUT2D eigenvalue weighted by Crippen LogP contribution is 2.29. The Bertz CT molecular complexity index is 601. The summed E-state index contributed by atoms with van der Waals surface area (Å²) in [5.74, 6) is 0.550. The quantitative estimate of drug-likeness (QED) is 0.917. The molecule has 0 spiro atoms. The normalized spacial score (nSPS) is 11.9. The molecule has 0 aliphatic carbocycles. The summed E-state index contributed by atoms with van der Waals surface area (Å²) in [4.78, 5) is 6.65. The predicted octanol–water partition coefficient (Wildman–Crippen LogP) is 4.15. The number of rotatable bonds is 3. The molecule has 1 N–H and O–H groups in total. The van der Waals surface area contributed by atoms with E-state index in [1.54, 1.807) is 23.6 Å². The van der Waals surface area contributed by atoms with Crippen molar-refractivity contribution in [1.29, 1.82) is 5.26 Å². The number of nitriles is 1. The smallest absolute Gasteiger partial charge is 0.146 e. The number of aromatic nitrogens is 1. The van der Waals surface area contributed by atoms with Crippen molar-refractivity contribution in [3.05, 3.63) is 44.7 Å². The average Bonchev–Trinajstić information content (AvgIpc) is 2.78. The van der Waals surface area contributed by atoms with Gasteiger partial charge in [0.15, 0.2) is 0 Å². The SMILES string of the molecule is Cc1ccc(C(C)Nc2nccc(C#N)c2Cl)s1. The van der Waals surface area contributed by atoms with E-state index in [0.29, 0.717) is 16.4 Å². The molecule has 0 fully saturated rings. The molecule has 2 aromatic rings. The lowest BCUT2D eigenvalue weighted by Crippen LogP contribution is -2.07. The van der Waals surface area contributed by atoms with E-state index in [0.717, 1.165) is 0 Å². The second-order valence-corrected chi connectivity index (χ2v) is 5.64. The van der Waals surface area contributed by atoms with E-state index in [9.17, 15) is 0 Å². The molecule has 0 saturated carbocycles. The fraction of sp³-hybridized carbons (Fsp3) is 0.231. The number of aryl methyl sites for hydroxylation is 1. The van der Waals surface area contributed by atoms with Crippen molar-refractivity contribution in [2.24, 2.45) is 0 Å². The fourth-order valence-electron chi connectivity index (χ4n) is 1.59. The molecular formula is C13H12ClN3S. The highest BCUT2D eigenvalue weighted by Gasteiger charge is 2.12. The maximum Gasteiger partial charge on any atom is 0.146 e. The van der Waals surface area contributed by atoms with Crippen LogP contribution in [0.2, 0.25) is 5.02 Å². The predicted molar refractivity (Wildman–Crippen MR) is 75.1 cm³/mol. The van der Waals surface area contributed by atoms with Crippen LogP contribution in [0.1, 0.15) is 28.3 Å². The van der Waals surface area contributed by atoms with E-state index in [-0.39, 0.29) is 6.04 Å². The molecule has 2 heterocycles. The Hall–Kier alpha value is -1.57. The molecule has 0 aliphatic heterocycles. The monoisotopic (exact) mass is 277 g/mol. The summed E-state index contributed by atoms with van der Waals surface area (Å²) in [6.07, 6.45) is 1.58. The Labute approximate surface area is 115 Å². The summed E-state index contributed by atoms with van der Waals surface area (Å²) >= 11 is 7.83. The number of nitrogens with zero attached hydrogens (tertiary/aromatic N) is 2. The van der Waals surface area contributed by atoms with E-state index in [4.69, 9.17) is 16.9 Å².